The summed E-state index contributed by atoms with van der Waals surface area (Å²) in [6, 6.07) is 0. The second kappa shape index (κ2) is 16.6. The van der Waals surface area contributed by atoms with Gasteiger partial charge < -0.3 is 5.11 Å². The fraction of sp³-hybridized carbons (Fsp3) is 0.750. The topological polar surface area (TPSA) is 20.2 Å². The number of unbranched alkanes of at least 4 members (excludes halogenated alkanes) is 2. The Kier molecular flexibility index (Phi) is 16.1. The number of allylic oxidation sites excluding steroid dienone is 6. The van der Waals surface area contributed by atoms with Crippen LogP contribution in [0.15, 0.2) is 34.9 Å². The van der Waals surface area contributed by atoms with E-state index in [9.17, 15) is 0 Å². The molecule has 0 fully saturated rings. The van der Waals surface area contributed by atoms with Crippen molar-refractivity contribution in [1.82, 2.24) is 0 Å². The Balaban J connectivity index is 3.90. The van der Waals surface area contributed by atoms with Crippen molar-refractivity contribution in [3.8, 4) is 0 Å². The lowest BCUT2D eigenvalue weighted by molar-refractivity contribution is 0.259. The second-order valence-corrected chi connectivity index (χ2v) is 7.88. The van der Waals surface area contributed by atoms with Crippen LogP contribution < -0.4 is 0 Å². The van der Waals surface area contributed by atoms with E-state index in [1.54, 1.807) is 5.57 Å². The maximum atomic E-state index is 8.93. The minimum atomic E-state index is 0.321. The molecule has 0 radical (unpaired) electrons. The van der Waals surface area contributed by atoms with Crippen LogP contribution in [-0.2, 0) is 0 Å². The van der Waals surface area contributed by atoms with Crippen LogP contribution in [0.2, 0.25) is 0 Å². The van der Waals surface area contributed by atoms with Crippen molar-refractivity contribution >= 4 is 0 Å². The minimum absolute atomic E-state index is 0.321. The molecular formula is C24H44O. The summed E-state index contributed by atoms with van der Waals surface area (Å²) < 4.78 is 0. The van der Waals surface area contributed by atoms with Gasteiger partial charge >= 0.3 is 0 Å². The Labute approximate surface area is 158 Å². The van der Waals surface area contributed by atoms with E-state index in [0.717, 1.165) is 12.8 Å². The summed E-state index contributed by atoms with van der Waals surface area (Å²) in [5.74, 6) is 0.634. The molecule has 0 aliphatic carbocycles. The molecular weight excluding hydrogens is 304 g/mol. The van der Waals surface area contributed by atoms with E-state index in [-0.39, 0.29) is 0 Å². The maximum Gasteiger partial charge on any atom is 0.0433 e. The number of hydrogen-bond acceptors (Lipinski definition) is 1. The molecule has 25 heavy (non-hydrogen) atoms. The molecule has 0 aromatic heterocycles. The Morgan fingerprint density at radius 3 is 1.80 bits per heavy atom. The lowest BCUT2D eigenvalue weighted by Gasteiger charge is -2.07. The molecule has 0 amide bonds. The first-order chi connectivity index (χ1) is 12.0. The third-order valence-electron chi connectivity index (χ3n) is 5.01. The first-order valence-electron chi connectivity index (χ1n) is 10.6. The van der Waals surface area contributed by atoms with Crippen LogP contribution >= 0.6 is 0 Å². The molecule has 1 N–H and O–H groups in total. The molecule has 0 bridgehead atoms. The highest BCUT2D eigenvalue weighted by Crippen LogP contribution is 2.15. The van der Waals surface area contributed by atoms with Crippen molar-refractivity contribution in [2.75, 3.05) is 6.61 Å². The van der Waals surface area contributed by atoms with E-state index in [1.807, 2.05) is 0 Å². The molecule has 146 valence electrons. The van der Waals surface area contributed by atoms with E-state index >= 15 is 0 Å². The maximum absolute atomic E-state index is 8.93. The van der Waals surface area contributed by atoms with Crippen molar-refractivity contribution in [2.24, 2.45) is 5.92 Å². The SMILES string of the molecule is CCCCCC(C)=CCCC(C)=CCCC(C)=CCCC(C)CCO. The smallest absolute Gasteiger partial charge is 0.0433 e. The molecule has 0 spiro atoms. The van der Waals surface area contributed by atoms with Crippen LogP contribution in [0.4, 0.5) is 0 Å². The molecule has 0 saturated heterocycles. The Morgan fingerprint density at radius 1 is 0.760 bits per heavy atom. The van der Waals surface area contributed by atoms with Crippen LogP contribution in [0.25, 0.3) is 0 Å². The Morgan fingerprint density at radius 2 is 1.28 bits per heavy atom. The number of hydrogen-bond donors (Lipinski definition) is 1. The molecule has 0 heterocycles. The molecule has 0 aliphatic heterocycles. The van der Waals surface area contributed by atoms with Crippen molar-refractivity contribution in [3.63, 3.8) is 0 Å². The van der Waals surface area contributed by atoms with E-state index < -0.39 is 0 Å². The van der Waals surface area contributed by atoms with Gasteiger partial charge in [0.05, 0.1) is 0 Å². The van der Waals surface area contributed by atoms with Gasteiger partial charge in [0.15, 0.2) is 0 Å². The second-order valence-electron chi connectivity index (χ2n) is 7.88. The molecule has 0 aliphatic rings. The monoisotopic (exact) mass is 348 g/mol. The van der Waals surface area contributed by atoms with Crippen LogP contribution in [0.5, 0.6) is 0 Å². The molecule has 1 unspecified atom stereocenters. The molecule has 0 aromatic rings. The van der Waals surface area contributed by atoms with Gasteiger partial charge in [-0.25, -0.2) is 0 Å². The number of rotatable bonds is 15. The summed E-state index contributed by atoms with van der Waals surface area (Å²) in [6.45, 7) is 11.6. The van der Waals surface area contributed by atoms with Crippen LogP contribution in [-0.4, -0.2) is 11.7 Å². The normalized spacial score (nSPS) is 14.9. The Bertz CT molecular complexity index is 400. The summed E-state index contributed by atoms with van der Waals surface area (Å²) in [4.78, 5) is 0. The zero-order valence-electron chi connectivity index (χ0n) is 17.7. The highest BCUT2D eigenvalue weighted by Gasteiger charge is 1.99. The zero-order valence-corrected chi connectivity index (χ0v) is 17.7. The van der Waals surface area contributed by atoms with Gasteiger partial charge in [-0.1, -0.05) is 61.6 Å². The highest BCUT2D eigenvalue weighted by molar-refractivity contribution is 5.06. The first-order valence-corrected chi connectivity index (χ1v) is 10.6. The summed E-state index contributed by atoms with van der Waals surface area (Å²) in [5.41, 5.74) is 4.60. The average molecular weight is 349 g/mol. The largest absolute Gasteiger partial charge is 0.396 e. The molecule has 0 rings (SSSR count). The first kappa shape index (κ1) is 24.2. The molecule has 1 atom stereocenters. The predicted octanol–water partition coefficient (Wildman–Crippen LogP) is 7.76. The predicted molar refractivity (Wildman–Crippen MR) is 114 cm³/mol. The Hall–Kier alpha value is -0.820. The van der Waals surface area contributed by atoms with Gasteiger partial charge in [0.25, 0.3) is 0 Å². The van der Waals surface area contributed by atoms with Gasteiger partial charge in [0, 0.05) is 6.61 Å². The lowest BCUT2D eigenvalue weighted by Crippen LogP contribution is -1.97. The fourth-order valence-corrected chi connectivity index (χ4v) is 3.03. The number of aliphatic hydroxyl groups is 1. The van der Waals surface area contributed by atoms with Crippen molar-refractivity contribution in [3.05, 3.63) is 34.9 Å². The number of aliphatic hydroxyl groups excluding tert-OH is 1. The molecule has 0 aromatic carbocycles. The summed E-state index contributed by atoms with van der Waals surface area (Å²) >= 11 is 0. The summed E-state index contributed by atoms with van der Waals surface area (Å²) in [6.07, 6.45) is 20.5. The summed E-state index contributed by atoms with van der Waals surface area (Å²) in [7, 11) is 0. The van der Waals surface area contributed by atoms with Gasteiger partial charge in [-0.3, -0.25) is 0 Å². The van der Waals surface area contributed by atoms with Gasteiger partial charge in [0.1, 0.15) is 0 Å². The third kappa shape index (κ3) is 16.4. The van der Waals surface area contributed by atoms with Crippen molar-refractivity contribution in [2.45, 2.75) is 105 Å². The van der Waals surface area contributed by atoms with Crippen molar-refractivity contribution < 1.29 is 5.11 Å². The molecule has 1 nitrogen and oxygen atoms in total. The van der Waals surface area contributed by atoms with E-state index in [1.165, 1.54) is 68.9 Å². The average Bonchev–Trinajstić information content (AvgIpc) is 2.55. The standard InChI is InChI=1S/C24H44O/c1-6-7-8-12-21(2)13-9-14-22(3)15-10-16-23(4)17-11-18-24(5)19-20-25/h13,15,17,24-25H,6-12,14,16,18-20H2,1-5H3. The molecule has 1 heteroatoms. The quantitative estimate of drug-likeness (QED) is 0.237. The zero-order chi connectivity index (χ0) is 18.9. The summed E-state index contributed by atoms with van der Waals surface area (Å²) in [5, 5.41) is 8.93. The third-order valence-corrected chi connectivity index (χ3v) is 5.01. The van der Waals surface area contributed by atoms with E-state index in [4.69, 9.17) is 5.11 Å². The van der Waals surface area contributed by atoms with Gasteiger partial charge in [-0.2, -0.15) is 0 Å². The van der Waals surface area contributed by atoms with Gasteiger partial charge in [-0.15, -0.1) is 0 Å². The van der Waals surface area contributed by atoms with Crippen LogP contribution in [0, 0.1) is 5.92 Å². The highest BCUT2D eigenvalue weighted by atomic mass is 16.3. The molecule has 0 saturated carbocycles. The fourth-order valence-electron chi connectivity index (χ4n) is 3.03. The van der Waals surface area contributed by atoms with Crippen LogP contribution in [0.1, 0.15) is 105 Å². The van der Waals surface area contributed by atoms with Crippen LogP contribution in [0.3, 0.4) is 0 Å². The minimum Gasteiger partial charge on any atom is -0.396 e. The van der Waals surface area contributed by atoms with E-state index in [0.29, 0.717) is 12.5 Å². The van der Waals surface area contributed by atoms with E-state index in [2.05, 4.69) is 52.8 Å². The van der Waals surface area contributed by atoms with Gasteiger partial charge in [0.2, 0.25) is 0 Å². The van der Waals surface area contributed by atoms with Crippen molar-refractivity contribution in [1.29, 1.82) is 0 Å². The lowest BCUT2D eigenvalue weighted by atomic mass is 10.0. The van der Waals surface area contributed by atoms with Gasteiger partial charge in [-0.05, 0) is 84.5 Å².